The van der Waals surface area contributed by atoms with Gasteiger partial charge >= 0.3 is 6.18 Å². The molecule has 1 amide bonds. The van der Waals surface area contributed by atoms with E-state index in [1.54, 1.807) is 0 Å². The summed E-state index contributed by atoms with van der Waals surface area (Å²) in [5, 5.41) is 4.58. The van der Waals surface area contributed by atoms with Crippen molar-refractivity contribution < 1.29 is 35.5 Å². The average Bonchev–Trinajstić information content (AvgIpc) is 2.45. The maximum Gasteiger partial charge on any atom is 0.422 e. The molecule has 0 bridgehead atoms. The molecule has 0 atom stereocenters. The monoisotopic (exact) mass is 360 g/mol. The van der Waals surface area contributed by atoms with E-state index in [-0.39, 0.29) is 12.5 Å². The number of alkyl halides is 3. The van der Waals surface area contributed by atoms with E-state index >= 15 is 0 Å². The number of rotatable bonds is 7. The summed E-state index contributed by atoms with van der Waals surface area (Å²) in [6.45, 7) is 1.61. The van der Waals surface area contributed by atoms with Crippen molar-refractivity contribution in [2.75, 3.05) is 18.4 Å². The molecule has 136 valence electrons. The summed E-state index contributed by atoms with van der Waals surface area (Å²) in [5.41, 5.74) is -3.88. The highest BCUT2D eigenvalue weighted by atomic mass is 19.4. The van der Waals surface area contributed by atoms with Crippen LogP contribution in [0.4, 0.5) is 36.4 Å². The molecule has 1 rings (SSSR count). The first kappa shape index (κ1) is 20.0. The van der Waals surface area contributed by atoms with Gasteiger partial charge in [0.05, 0.1) is 0 Å². The van der Waals surface area contributed by atoms with Crippen molar-refractivity contribution in [3.8, 4) is 0 Å². The number of hydrogen-bond acceptors (Lipinski definition) is 2. The molecule has 24 heavy (non-hydrogen) atoms. The Labute approximate surface area is 133 Å². The maximum atomic E-state index is 13.6. The largest absolute Gasteiger partial charge is 0.422 e. The number of unbranched alkanes of at least 4 members (excludes halogenated alkanes) is 2. The molecule has 0 aliphatic heterocycles. The van der Waals surface area contributed by atoms with E-state index in [4.69, 9.17) is 0 Å². The van der Waals surface area contributed by atoms with Crippen molar-refractivity contribution in [2.24, 2.45) is 0 Å². The summed E-state index contributed by atoms with van der Waals surface area (Å²) in [5.74, 6) is -9.45. The average molecular weight is 360 g/mol. The number of nitrogens with one attached hydrogen (secondary N) is 2. The molecule has 0 heterocycles. The van der Waals surface area contributed by atoms with Crippen LogP contribution in [0, 0.1) is 23.3 Å². The molecule has 0 saturated carbocycles. The Balaban J connectivity index is 2.72. The second kappa shape index (κ2) is 8.20. The molecule has 0 aliphatic carbocycles. The third-order valence-corrected chi connectivity index (χ3v) is 3.08. The number of amides is 1. The van der Waals surface area contributed by atoms with Crippen LogP contribution in [0.25, 0.3) is 0 Å². The van der Waals surface area contributed by atoms with Gasteiger partial charge in [-0.1, -0.05) is 0 Å². The highest BCUT2D eigenvalue weighted by molar-refractivity contribution is 5.72. The molecule has 10 heteroatoms. The van der Waals surface area contributed by atoms with Gasteiger partial charge in [0.1, 0.15) is 11.3 Å². The van der Waals surface area contributed by atoms with Gasteiger partial charge in [0.25, 0.3) is 0 Å². The molecule has 2 N–H and O–H groups in total. The lowest BCUT2D eigenvalue weighted by Gasteiger charge is -2.15. The number of halogens is 7. The van der Waals surface area contributed by atoms with E-state index in [9.17, 15) is 35.5 Å². The Morgan fingerprint density at radius 1 is 0.875 bits per heavy atom. The minimum Gasteiger partial charge on any atom is -0.380 e. The molecule has 3 nitrogen and oxygen atoms in total. The van der Waals surface area contributed by atoms with Crippen LogP contribution in [0.5, 0.6) is 0 Å². The van der Waals surface area contributed by atoms with Crippen molar-refractivity contribution in [3.05, 3.63) is 28.8 Å². The highest BCUT2D eigenvalue weighted by Crippen LogP contribution is 2.38. The summed E-state index contributed by atoms with van der Waals surface area (Å²) in [7, 11) is 0. The van der Waals surface area contributed by atoms with Crippen molar-refractivity contribution in [1.29, 1.82) is 0 Å². The fraction of sp³-hybridized carbons (Fsp3) is 0.500. The Bertz CT molecular complexity index is 573. The molecule has 1 aromatic carbocycles. The van der Waals surface area contributed by atoms with Crippen LogP contribution in [0.15, 0.2) is 0 Å². The lowest BCUT2D eigenvalue weighted by molar-refractivity contribution is -0.143. The van der Waals surface area contributed by atoms with Gasteiger partial charge < -0.3 is 10.6 Å². The summed E-state index contributed by atoms with van der Waals surface area (Å²) >= 11 is 0. The van der Waals surface area contributed by atoms with Gasteiger partial charge in [-0.3, -0.25) is 4.79 Å². The minimum atomic E-state index is -5.56. The predicted octanol–water partition coefficient (Wildman–Crippen LogP) is 3.98. The SMILES string of the molecule is CC(=O)NCCCCCNc1c(F)c(F)c(C(F)(F)F)c(F)c1F. The lowest BCUT2D eigenvalue weighted by Crippen LogP contribution is -2.21. The van der Waals surface area contributed by atoms with Crippen LogP contribution in [-0.2, 0) is 11.0 Å². The molecule has 0 radical (unpaired) electrons. The van der Waals surface area contributed by atoms with E-state index in [2.05, 4.69) is 10.6 Å². The summed E-state index contributed by atoms with van der Waals surface area (Å²) in [4.78, 5) is 10.6. The van der Waals surface area contributed by atoms with Gasteiger partial charge in [0.15, 0.2) is 23.3 Å². The zero-order chi connectivity index (χ0) is 18.5. The van der Waals surface area contributed by atoms with E-state index in [0.717, 1.165) is 0 Å². The van der Waals surface area contributed by atoms with Crippen molar-refractivity contribution in [3.63, 3.8) is 0 Å². The predicted molar refractivity (Wildman–Crippen MR) is 72.3 cm³/mol. The molecule has 0 saturated heterocycles. The van der Waals surface area contributed by atoms with Gasteiger partial charge in [0, 0.05) is 20.0 Å². The summed E-state index contributed by atoms with van der Waals surface area (Å²) in [6.07, 6.45) is -4.16. The molecule has 0 fully saturated rings. The number of carbonyl (C=O) groups excluding carboxylic acids is 1. The van der Waals surface area contributed by atoms with E-state index in [0.29, 0.717) is 25.8 Å². The second-order valence-electron chi connectivity index (χ2n) is 4.97. The highest BCUT2D eigenvalue weighted by Gasteiger charge is 2.42. The van der Waals surface area contributed by atoms with Crippen LogP contribution < -0.4 is 10.6 Å². The van der Waals surface area contributed by atoms with E-state index in [1.165, 1.54) is 6.92 Å². The number of anilines is 1. The quantitative estimate of drug-likeness (QED) is 0.439. The van der Waals surface area contributed by atoms with Crippen molar-refractivity contribution in [1.82, 2.24) is 5.32 Å². The zero-order valence-corrected chi connectivity index (χ0v) is 12.6. The Kier molecular flexibility index (Phi) is 6.85. The fourth-order valence-electron chi connectivity index (χ4n) is 1.94. The van der Waals surface area contributed by atoms with Crippen LogP contribution in [0.1, 0.15) is 31.7 Å². The van der Waals surface area contributed by atoms with Gasteiger partial charge in [-0.25, -0.2) is 17.6 Å². The van der Waals surface area contributed by atoms with E-state index in [1.807, 2.05) is 0 Å². The van der Waals surface area contributed by atoms with E-state index < -0.39 is 40.7 Å². The van der Waals surface area contributed by atoms with Crippen LogP contribution >= 0.6 is 0 Å². The van der Waals surface area contributed by atoms with Crippen molar-refractivity contribution >= 4 is 11.6 Å². The Morgan fingerprint density at radius 2 is 1.38 bits per heavy atom. The smallest absolute Gasteiger partial charge is 0.380 e. The van der Waals surface area contributed by atoms with Gasteiger partial charge in [0.2, 0.25) is 5.91 Å². The topological polar surface area (TPSA) is 41.1 Å². The third kappa shape index (κ3) is 5.00. The van der Waals surface area contributed by atoms with Gasteiger partial charge in [-0.05, 0) is 19.3 Å². The molecule has 0 spiro atoms. The molecule has 0 unspecified atom stereocenters. The Hall–Kier alpha value is -2.00. The minimum absolute atomic E-state index is 0.113. The second-order valence-corrected chi connectivity index (χ2v) is 4.97. The standard InChI is InChI=1S/C14H15F7N2O/c1-7(24)22-5-3-2-4-6-23-13-11(17)9(15)8(14(19,20)21)10(16)12(13)18/h23H,2-6H2,1H3,(H,22,24). The zero-order valence-electron chi connectivity index (χ0n) is 12.6. The molecular formula is C14H15F7N2O. The van der Waals surface area contributed by atoms with Crippen LogP contribution in [0.2, 0.25) is 0 Å². The molecule has 0 aliphatic rings. The third-order valence-electron chi connectivity index (χ3n) is 3.08. The first-order valence-electron chi connectivity index (χ1n) is 6.98. The summed E-state index contributed by atoms with van der Waals surface area (Å²) < 4.78 is 91.1. The first-order valence-corrected chi connectivity index (χ1v) is 6.98. The number of carbonyl (C=O) groups is 1. The fourth-order valence-corrected chi connectivity index (χ4v) is 1.94. The normalized spacial score (nSPS) is 11.5. The first-order chi connectivity index (χ1) is 11.1. The molecule has 0 aromatic heterocycles. The van der Waals surface area contributed by atoms with Crippen LogP contribution in [0.3, 0.4) is 0 Å². The van der Waals surface area contributed by atoms with Gasteiger partial charge in [-0.15, -0.1) is 0 Å². The van der Waals surface area contributed by atoms with Gasteiger partial charge in [-0.2, -0.15) is 13.2 Å². The Morgan fingerprint density at radius 3 is 1.83 bits per heavy atom. The van der Waals surface area contributed by atoms with Crippen LogP contribution in [-0.4, -0.2) is 19.0 Å². The summed E-state index contributed by atoms with van der Waals surface area (Å²) in [6, 6.07) is 0. The number of hydrogen-bond donors (Lipinski definition) is 2. The lowest BCUT2D eigenvalue weighted by atomic mass is 10.1. The molecule has 1 aromatic rings. The van der Waals surface area contributed by atoms with Crippen molar-refractivity contribution in [2.45, 2.75) is 32.4 Å². The molecular weight excluding hydrogens is 345 g/mol. The maximum absolute atomic E-state index is 13.6. The number of benzene rings is 1.